The van der Waals surface area contributed by atoms with E-state index in [1.165, 1.54) is 58.1 Å². The van der Waals surface area contributed by atoms with Crippen molar-refractivity contribution in [3.05, 3.63) is 34.9 Å². The topological polar surface area (TPSA) is 90.9 Å². The van der Waals surface area contributed by atoms with Gasteiger partial charge in [-0.1, -0.05) is 23.7 Å². The summed E-state index contributed by atoms with van der Waals surface area (Å²) in [6.45, 7) is 5.99. The summed E-state index contributed by atoms with van der Waals surface area (Å²) in [4.78, 5) is 25.4. The van der Waals surface area contributed by atoms with E-state index in [4.69, 9.17) is 20.6 Å². The molecule has 0 fully saturated rings. The molecule has 170 valence electrons. The fourth-order valence-corrected chi connectivity index (χ4v) is 4.96. The standard InChI is InChI=1S/C18H24ClF3NO6P/c1-6-27-16(25)17(18(20,21)22,30(26,28-11(2)3)29-12(4)5)23-15(24)13-9-7-8-10-14(13)19/h7-12H,6H2,1-5H3,(H,23,24)/t17-/m0/s1. The number of amides is 1. The summed E-state index contributed by atoms with van der Waals surface area (Å²) in [7, 11) is -5.44. The molecular weight excluding hydrogens is 450 g/mol. The Morgan fingerprint density at radius 1 is 1.10 bits per heavy atom. The van der Waals surface area contributed by atoms with Gasteiger partial charge in [-0.3, -0.25) is 9.36 Å². The number of carbonyl (C=O) groups excluding carboxylic acids is 2. The molecule has 0 aromatic heterocycles. The first-order valence-electron chi connectivity index (χ1n) is 8.99. The fraction of sp³-hybridized carbons (Fsp3) is 0.556. The minimum Gasteiger partial charge on any atom is -0.463 e. The molecule has 0 saturated heterocycles. The highest BCUT2D eigenvalue weighted by Crippen LogP contribution is 2.66. The number of esters is 1. The Balaban J connectivity index is 3.79. The van der Waals surface area contributed by atoms with Gasteiger partial charge in [0, 0.05) is 0 Å². The van der Waals surface area contributed by atoms with Gasteiger partial charge in [-0.2, -0.15) is 13.2 Å². The van der Waals surface area contributed by atoms with Gasteiger partial charge in [0.2, 0.25) is 0 Å². The third-order valence-electron chi connectivity index (χ3n) is 3.50. The molecule has 7 nitrogen and oxygen atoms in total. The second kappa shape index (κ2) is 10.1. The number of ether oxygens (including phenoxy) is 1. The third kappa shape index (κ3) is 5.55. The van der Waals surface area contributed by atoms with E-state index in [0.29, 0.717) is 0 Å². The average molecular weight is 474 g/mol. The predicted octanol–water partition coefficient (Wildman–Crippen LogP) is 4.93. The van der Waals surface area contributed by atoms with Crippen LogP contribution in [0, 0.1) is 0 Å². The van der Waals surface area contributed by atoms with Gasteiger partial charge in [-0.25, -0.2) is 4.79 Å². The number of carbonyl (C=O) groups is 2. The van der Waals surface area contributed by atoms with Crippen molar-refractivity contribution in [1.82, 2.24) is 5.32 Å². The van der Waals surface area contributed by atoms with Crippen LogP contribution in [0.5, 0.6) is 0 Å². The number of hydrogen-bond acceptors (Lipinski definition) is 6. The average Bonchev–Trinajstić information content (AvgIpc) is 2.57. The molecule has 0 radical (unpaired) electrons. The largest absolute Gasteiger partial charge is 0.463 e. The summed E-state index contributed by atoms with van der Waals surface area (Å²) in [5.41, 5.74) is -0.377. The molecule has 0 saturated carbocycles. The number of alkyl halides is 3. The zero-order valence-electron chi connectivity index (χ0n) is 17.1. The Morgan fingerprint density at radius 2 is 1.60 bits per heavy atom. The maximum absolute atomic E-state index is 14.4. The molecule has 0 spiro atoms. The van der Waals surface area contributed by atoms with Crippen molar-refractivity contribution >= 4 is 31.1 Å². The van der Waals surface area contributed by atoms with Crippen molar-refractivity contribution in [2.45, 2.75) is 58.3 Å². The monoisotopic (exact) mass is 473 g/mol. The van der Waals surface area contributed by atoms with Crippen LogP contribution in [-0.4, -0.2) is 42.1 Å². The first-order valence-corrected chi connectivity index (χ1v) is 10.9. The van der Waals surface area contributed by atoms with Gasteiger partial charge in [0.15, 0.2) is 0 Å². The molecule has 1 amide bonds. The van der Waals surface area contributed by atoms with Crippen LogP contribution in [0.2, 0.25) is 5.02 Å². The van der Waals surface area contributed by atoms with Crippen molar-refractivity contribution < 1.29 is 41.1 Å². The van der Waals surface area contributed by atoms with Crippen LogP contribution in [-0.2, 0) is 23.1 Å². The molecule has 1 aromatic carbocycles. The second-order valence-electron chi connectivity index (χ2n) is 6.67. The molecule has 0 aliphatic rings. The van der Waals surface area contributed by atoms with Gasteiger partial charge in [-0.05, 0) is 46.8 Å². The van der Waals surface area contributed by atoms with Gasteiger partial charge in [0.25, 0.3) is 5.91 Å². The number of nitrogens with one attached hydrogen (secondary N) is 1. The normalized spacial score (nSPS) is 14.5. The maximum Gasteiger partial charge on any atom is 0.434 e. The van der Waals surface area contributed by atoms with Crippen molar-refractivity contribution in [2.75, 3.05) is 6.61 Å². The number of benzene rings is 1. The van der Waals surface area contributed by atoms with E-state index in [2.05, 4.69) is 4.74 Å². The molecule has 0 aliphatic carbocycles. The van der Waals surface area contributed by atoms with Crippen molar-refractivity contribution in [3.8, 4) is 0 Å². The van der Waals surface area contributed by atoms with Gasteiger partial charge in [-0.15, -0.1) is 0 Å². The van der Waals surface area contributed by atoms with E-state index < -0.39 is 49.7 Å². The first kappa shape index (κ1) is 26.4. The molecule has 0 unspecified atom stereocenters. The highest BCUT2D eigenvalue weighted by atomic mass is 35.5. The summed E-state index contributed by atoms with van der Waals surface area (Å²) in [5, 5.41) is -2.78. The molecule has 30 heavy (non-hydrogen) atoms. The Hall–Kier alpha value is -1.61. The number of hydrogen-bond donors (Lipinski definition) is 1. The molecule has 1 aromatic rings. The second-order valence-corrected chi connectivity index (χ2v) is 9.16. The highest BCUT2D eigenvalue weighted by Gasteiger charge is 2.76. The Bertz CT molecular complexity index is 803. The molecule has 1 N–H and O–H groups in total. The first-order chi connectivity index (χ1) is 13.7. The van der Waals surface area contributed by atoms with Gasteiger partial charge in [0.1, 0.15) is 0 Å². The summed E-state index contributed by atoms with van der Waals surface area (Å²) < 4.78 is 71.5. The third-order valence-corrected chi connectivity index (χ3v) is 6.60. The van der Waals surface area contributed by atoms with Crippen LogP contribution in [0.1, 0.15) is 45.0 Å². The zero-order valence-corrected chi connectivity index (χ0v) is 18.7. The fourth-order valence-electron chi connectivity index (χ4n) is 2.42. The van der Waals surface area contributed by atoms with E-state index in [0.717, 1.165) is 6.07 Å². The molecule has 1 atom stereocenters. The lowest BCUT2D eigenvalue weighted by molar-refractivity contribution is -0.196. The van der Waals surface area contributed by atoms with Crippen molar-refractivity contribution in [1.29, 1.82) is 0 Å². The lowest BCUT2D eigenvalue weighted by atomic mass is 10.2. The molecule has 0 aliphatic heterocycles. The van der Waals surface area contributed by atoms with Crippen LogP contribution in [0.25, 0.3) is 0 Å². The zero-order chi connectivity index (χ0) is 23.3. The van der Waals surface area contributed by atoms with E-state index in [1.807, 2.05) is 0 Å². The molecule has 12 heteroatoms. The van der Waals surface area contributed by atoms with Gasteiger partial charge < -0.3 is 19.1 Å². The van der Waals surface area contributed by atoms with Crippen LogP contribution in [0.15, 0.2) is 24.3 Å². The molecule has 0 heterocycles. The minimum atomic E-state index is -5.62. The summed E-state index contributed by atoms with van der Waals surface area (Å²) in [6.07, 6.45) is -7.72. The van der Waals surface area contributed by atoms with Crippen LogP contribution in [0.4, 0.5) is 13.2 Å². The van der Waals surface area contributed by atoms with E-state index in [-0.39, 0.29) is 10.6 Å². The molecule has 1 rings (SSSR count). The lowest BCUT2D eigenvalue weighted by Crippen LogP contribution is -2.65. The Kier molecular flexibility index (Phi) is 8.92. The smallest absolute Gasteiger partial charge is 0.434 e. The SMILES string of the molecule is CCOC(=O)[C@@](NC(=O)c1ccccc1Cl)(C(F)(F)F)P(=O)(OC(C)C)OC(C)C. The van der Waals surface area contributed by atoms with Crippen LogP contribution >= 0.6 is 19.2 Å². The summed E-state index contributed by atoms with van der Waals surface area (Å²) in [5.74, 6) is -3.44. The highest BCUT2D eigenvalue weighted by molar-refractivity contribution is 7.57. The van der Waals surface area contributed by atoms with Crippen molar-refractivity contribution in [3.63, 3.8) is 0 Å². The van der Waals surface area contributed by atoms with E-state index in [9.17, 15) is 27.3 Å². The Labute approximate surface area is 177 Å². The van der Waals surface area contributed by atoms with Crippen LogP contribution < -0.4 is 5.32 Å². The minimum absolute atomic E-state index is 0.181. The lowest BCUT2D eigenvalue weighted by Gasteiger charge is -2.39. The van der Waals surface area contributed by atoms with E-state index in [1.54, 1.807) is 0 Å². The predicted molar refractivity (Wildman–Crippen MR) is 104 cm³/mol. The van der Waals surface area contributed by atoms with Gasteiger partial charge in [0.05, 0.1) is 29.4 Å². The summed E-state index contributed by atoms with van der Waals surface area (Å²) >= 11 is 5.90. The maximum atomic E-state index is 14.4. The number of halogens is 4. The number of rotatable bonds is 9. The van der Waals surface area contributed by atoms with Gasteiger partial charge >= 0.3 is 25.0 Å². The Morgan fingerprint density at radius 3 is 2.00 bits per heavy atom. The van der Waals surface area contributed by atoms with E-state index >= 15 is 0 Å². The molecular formula is C18H24ClF3NO6P. The molecule has 0 bridgehead atoms. The quantitative estimate of drug-likeness (QED) is 0.404. The van der Waals surface area contributed by atoms with Crippen molar-refractivity contribution in [2.24, 2.45) is 0 Å². The van der Waals surface area contributed by atoms with Crippen LogP contribution in [0.3, 0.4) is 0 Å². The summed E-state index contributed by atoms with van der Waals surface area (Å²) in [6, 6.07) is 5.22.